The van der Waals surface area contributed by atoms with Crippen molar-refractivity contribution in [3.05, 3.63) is 29.8 Å². The van der Waals surface area contributed by atoms with Crippen molar-refractivity contribution in [3.8, 4) is 5.75 Å². The number of benzene rings is 1. The third-order valence-electron chi connectivity index (χ3n) is 4.85. The second-order valence-corrected chi connectivity index (χ2v) is 7.27. The van der Waals surface area contributed by atoms with E-state index in [-0.39, 0.29) is 0 Å². The lowest BCUT2D eigenvalue weighted by Gasteiger charge is -2.40. The number of hydrogen-bond donors (Lipinski definition) is 3. The summed E-state index contributed by atoms with van der Waals surface area (Å²) in [6, 6.07) is 6.51. The van der Waals surface area contributed by atoms with E-state index < -0.39 is 22.7 Å². The van der Waals surface area contributed by atoms with E-state index in [1.165, 1.54) is 0 Å². The van der Waals surface area contributed by atoms with E-state index in [0.717, 1.165) is 31.2 Å². The molecule has 22 heavy (non-hydrogen) atoms. The molecular formula is C17H26BNO3. The van der Waals surface area contributed by atoms with Crippen LogP contribution in [0.15, 0.2) is 24.3 Å². The van der Waals surface area contributed by atoms with Crippen LogP contribution in [-0.4, -0.2) is 29.3 Å². The second-order valence-electron chi connectivity index (χ2n) is 7.27. The molecule has 2 unspecified atom stereocenters. The van der Waals surface area contributed by atoms with Crippen LogP contribution in [0.25, 0.3) is 0 Å². The molecule has 1 aromatic carbocycles. The first-order valence-corrected chi connectivity index (χ1v) is 7.83. The van der Waals surface area contributed by atoms with Crippen LogP contribution >= 0.6 is 0 Å². The summed E-state index contributed by atoms with van der Waals surface area (Å²) in [7, 11) is 6.02. The Morgan fingerprint density at radius 2 is 1.68 bits per heavy atom. The summed E-state index contributed by atoms with van der Waals surface area (Å²) in [6.45, 7) is 5.29. The van der Waals surface area contributed by atoms with Crippen molar-refractivity contribution in [1.82, 2.24) is 0 Å². The summed E-state index contributed by atoms with van der Waals surface area (Å²) in [5.41, 5.74) is 3.67. The predicted molar refractivity (Wildman–Crippen MR) is 87.6 cm³/mol. The molecule has 2 rings (SSSR count). The molecule has 0 spiro atoms. The van der Waals surface area contributed by atoms with Crippen LogP contribution < -0.4 is 10.5 Å². The first kappa shape index (κ1) is 17.3. The van der Waals surface area contributed by atoms with Gasteiger partial charge in [0.15, 0.2) is 13.5 Å². The number of aliphatic hydroxyl groups is 2. The Bertz CT molecular complexity index is 502. The molecule has 1 fully saturated rings. The van der Waals surface area contributed by atoms with Gasteiger partial charge in [-0.05, 0) is 44.4 Å². The highest BCUT2D eigenvalue weighted by molar-refractivity contribution is 6.14. The predicted octanol–water partition coefficient (Wildman–Crippen LogP) is 2.23. The zero-order valence-corrected chi connectivity index (χ0v) is 13.7. The summed E-state index contributed by atoms with van der Waals surface area (Å²) >= 11 is 0. The van der Waals surface area contributed by atoms with Crippen molar-refractivity contribution in [1.29, 1.82) is 0 Å². The van der Waals surface area contributed by atoms with Gasteiger partial charge in [-0.3, -0.25) is 0 Å². The highest BCUT2D eigenvalue weighted by atomic mass is 16.6. The lowest BCUT2D eigenvalue weighted by Crippen LogP contribution is -2.50. The van der Waals surface area contributed by atoms with Gasteiger partial charge in [-0.15, -0.1) is 0 Å². The van der Waals surface area contributed by atoms with Gasteiger partial charge in [0.05, 0.1) is 11.6 Å². The van der Waals surface area contributed by atoms with Crippen LogP contribution in [0.4, 0.5) is 0 Å². The molecule has 2 radical (unpaired) electrons. The number of hydrogen-bond acceptors (Lipinski definition) is 4. The van der Waals surface area contributed by atoms with Crippen LogP contribution in [0.3, 0.4) is 0 Å². The van der Waals surface area contributed by atoms with E-state index >= 15 is 0 Å². The van der Waals surface area contributed by atoms with Gasteiger partial charge in [0.1, 0.15) is 5.75 Å². The van der Waals surface area contributed by atoms with E-state index in [0.29, 0.717) is 5.75 Å². The molecule has 1 aliphatic carbocycles. The average molecular weight is 303 g/mol. The van der Waals surface area contributed by atoms with Crippen molar-refractivity contribution in [2.45, 2.75) is 63.8 Å². The van der Waals surface area contributed by atoms with Crippen molar-refractivity contribution in [2.24, 2.45) is 11.1 Å². The van der Waals surface area contributed by atoms with Crippen LogP contribution in [0.2, 0.25) is 0 Å². The van der Waals surface area contributed by atoms with Gasteiger partial charge in [-0.25, -0.2) is 0 Å². The molecule has 1 saturated carbocycles. The lowest BCUT2D eigenvalue weighted by molar-refractivity contribution is -0.148. The maximum Gasteiger partial charge on any atom is 0.173 e. The average Bonchev–Trinajstić information content (AvgIpc) is 2.86. The third-order valence-corrected chi connectivity index (χ3v) is 4.85. The first-order chi connectivity index (χ1) is 10.1. The lowest BCUT2D eigenvalue weighted by atomic mass is 9.69. The minimum atomic E-state index is -1.69. The molecule has 1 aliphatic rings. The van der Waals surface area contributed by atoms with Crippen LogP contribution in [0.1, 0.15) is 58.1 Å². The standard InChI is InChI=1S/C17H26BNO3/c1-15(2,20)14(19)12-6-8-13(9-7-12)22-17(18,21)16(3)10-4-5-11-16/h6-9,14,20-21H,4-5,10-11,19H2,1-3H3. The molecule has 0 aromatic heterocycles. The first-order valence-electron chi connectivity index (χ1n) is 7.83. The van der Waals surface area contributed by atoms with E-state index in [2.05, 4.69) is 0 Å². The smallest absolute Gasteiger partial charge is 0.173 e. The molecule has 5 heteroatoms. The van der Waals surface area contributed by atoms with Crippen molar-refractivity contribution < 1.29 is 14.9 Å². The molecule has 4 N–H and O–H groups in total. The molecule has 120 valence electrons. The minimum absolute atomic E-state index is 0.435. The minimum Gasteiger partial charge on any atom is -0.472 e. The van der Waals surface area contributed by atoms with Gasteiger partial charge in [-0.1, -0.05) is 31.9 Å². The molecule has 2 atom stereocenters. The second kappa shape index (κ2) is 5.87. The Morgan fingerprint density at radius 1 is 1.18 bits per heavy atom. The molecule has 0 heterocycles. The van der Waals surface area contributed by atoms with Gasteiger partial charge in [0.2, 0.25) is 0 Å². The highest BCUT2D eigenvalue weighted by Gasteiger charge is 2.46. The fourth-order valence-corrected chi connectivity index (χ4v) is 2.97. The van der Waals surface area contributed by atoms with Gasteiger partial charge >= 0.3 is 0 Å². The van der Waals surface area contributed by atoms with Crippen LogP contribution in [0.5, 0.6) is 5.75 Å². The summed E-state index contributed by atoms with van der Waals surface area (Å²) in [6.07, 6.45) is 3.81. The van der Waals surface area contributed by atoms with E-state index in [4.69, 9.17) is 18.3 Å². The highest BCUT2D eigenvalue weighted by Crippen LogP contribution is 2.45. The topological polar surface area (TPSA) is 75.7 Å². The SMILES string of the molecule is [B]C(O)(Oc1ccc(C(N)C(C)(C)O)cc1)C1(C)CCCC1. The largest absolute Gasteiger partial charge is 0.472 e. The third kappa shape index (κ3) is 3.48. The summed E-state index contributed by atoms with van der Waals surface area (Å²) in [5, 5.41) is 20.5. The van der Waals surface area contributed by atoms with Crippen LogP contribution in [-0.2, 0) is 0 Å². The van der Waals surface area contributed by atoms with Crippen molar-refractivity contribution in [2.75, 3.05) is 0 Å². The number of ether oxygens (including phenoxy) is 1. The molecule has 0 bridgehead atoms. The zero-order chi connectivity index (χ0) is 16.6. The van der Waals surface area contributed by atoms with E-state index in [9.17, 15) is 10.2 Å². The maximum absolute atomic E-state index is 10.5. The Morgan fingerprint density at radius 3 is 2.14 bits per heavy atom. The normalized spacial score (nSPS) is 22.1. The summed E-state index contributed by atoms with van der Waals surface area (Å²) < 4.78 is 5.64. The molecule has 0 saturated heterocycles. The number of rotatable bonds is 5. The zero-order valence-electron chi connectivity index (χ0n) is 13.7. The van der Waals surface area contributed by atoms with Crippen LogP contribution in [0, 0.1) is 5.41 Å². The summed E-state index contributed by atoms with van der Waals surface area (Å²) in [4.78, 5) is 0. The monoisotopic (exact) mass is 303 g/mol. The Hall–Kier alpha value is -1.04. The van der Waals surface area contributed by atoms with Crippen molar-refractivity contribution >= 4 is 7.85 Å². The Labute approximate surface area is 134 Å². The van der Waals surface area contributed by atoms with Crippen molar-refractivity contribution in [3.63, 3.8) is 0 Å². The van der Waals surface area contributed by atoms with Gasteiger partial charge in [-0.2, -0.15) is 0 Å². The fraction of sp³-hybridized carbons (Fsp3) is 0.647. The molecule has 1 aromatic rings. The van der Waals surface area contributed by atoms with E-state index in [1.807, 2.05) is 6.92 Å². The summed E-state index contributed by atoms with van der Waals surface area (Å²) in [5.74, 6) is 0.491. The Balaban J connectivity index is 2.11. The number of nitrogens with two attached hydrogens (primary N) is 1. The maximum atomic E-state index is 10.5. The quantitative estimate of drug-likeness (QED) is 0.576. The van der Waals surface area contributed by atoms with Gasteiger partial charge < -0.3 is 20.7 Å². The van der Waals surface area contributed by atoms with Gasteiger partial charge in [0, 0.05) is 5.41 Å². The fourth-order valence-electron chi connectivity index (χ4n) is 2.97. The van der Waals surface area contributed by atoms with Gasteiger partial charge in [0.25, 0.3) is 0 Å². The molecule has 0 amide bonds. The van der Waals surface area contributed by atoms with E-state index in [1.54, 1.807) is 38.1 Å². The Kier molecular flexibility index (Phi) is 4.62. The molecule has 0 aliphatic heterocycles. The molecular weight excluding hydrogens is 277 g/mol. The molecule has 4 nitrogen and oxygen atoms in total.